The predicted molar refractivity (Wildman–Crippen MR) is 89.3 cm³/mol. The molecule has 3 aromatic rings. The van der Waals surface area contributed by atoms with Crippen molar-refractivity contribution >= 4 is 17.3 Å². The number of hydrogen-bond acceptors (Lipinski definition) is 5. The number of rotatable bonds is 3. The van der Waals surface area contributed by atoms with Gasteiger partial charge in [-0.15, -0.1) is 0 Å². The molecule has 0 amide bonds. The van der Waals surface area contributed by atoms with Crippen LogP contribution in [-0.4, -0.2) is 19.7 Å². The van der Waals surface area contributed by atoms with Crippen molar-refractivity contribution in [1.82, 2.24) is 14.8 Å². The minimum atomic E-state index is -0.394. The fourth-order valence-corrected chi connectivity index (χ4v) is 2.78. The van der Waals surface area contributed by atoms with Gasteiger partial charge in [0.1, 0.15) is 12.4 Å². The number of nitro benzene ring substituents is 1. The maximum absolute atomic E-state index is 11.1. The van der Waals surface area contributed by atoms with Gasteiger partial charge in [0.05, 0.1) is 4.92 Å². The maximum atomic E-state index is 11.1. The Kier molecular flexibility index (Phi) is 3.31. The number of aromatic nitrogens is 3. The third kappa shape index (κ3) is 2.41. The summed E-state index contributed by atoms with van der Waals surface area (Å²) in [5, 5.41) is 18.6. The van der Waals surface area contributed by atoms with E-state index in [1.807, 2.05) is 42.5 Å². The summed E-state index contributed by atoms with van der Waals surface area (Å²) in [7, 11) is 0. The van der Waals surface area contributed by atoms with Crippen LogP contribution in [0.1, 0.15) is 17.2 Å². The van der Waals surface area contributed by atoms with E-state index < -0.39 is 4.92 Å². The molecule has 4 rings (SSSR count). The molecule has 1 N–H and O–H groups in total. The number of anilines is 1. The van der Waals surface area contributed by atoms with Crippen molar-refractivity contribution in [3.63, 3.8) is 0 Å². The third-order valence-electron chi connectivity index (χ3n) is 3.91. The molecule has 2 heterocycles. The largest absolute Gasteiger partial charge is 0.324 e. The molecule has 0 spiro atoms. The Bertz CT molecular complexity index is 933. The van der Waals surface area contributed by atoms with Crippen LogP contribution in [0, 0.1) is 10.1 Å². The Labute approximate surface area is 137 Å². The Morgan fingerprint density at radius 3 is 2.75 bits per heavy atom. The van der Waals surface area contributed by atoms with Crippen LogP contribution in [-0.2, 0) is 0 Å². The van der Waals surface area contributed by atoms with Gasteiger partial charge in [-0.05, 0) is 17.2 Å². The summed E-state index contributed by atoms with van der Waals surface area (Å²) in [5.41, 5.74) is 2.75. The highest BCUT2D eigenvalue weighted by Crippen LogP contribution is 2.32. The van der Waals surface area contributed by atoms with Gasteiger partial charge < -0.3 is 5.32 Å². The number of fused-ring (bicyclic) bond motifs is 1. The fourth-order valence-electron chi connectivity index (χ4n) is 2.78. The molecule has 24 heavy (non-hydrogen) atoms. The van der Waals surface area contributed by atoms with E-state index in [-0.39, 0.29) is 11.7 Å². The summed E-state index contributed by atoms with van der Waals surface area (Å²) in [4.78, 5) is 14.9. The van der Waals surface area contributed by atoms with Crippen molar-refractivity contribution < 1.29 is 4.92 Å². The molecule has 7 nitrogen and oxygen atoms in total. The van der Waals surface area contributed by atoms with Crippen LogP contribution in [0.5, 0.6) is 0 Å². The average molecular weight is 319 g/mol. The second-order valence-electron chi connectivity index (χ2n) is 5.40. The molecular formula is C17H13N5O2. The summed E-state index contributed by atoms with van der Waals surface area (Å²) < 4.78 is 1.71. The van der Waals surface area contributed by atoms with Crippen LogP contribution < -0.4 is 5.32 Å². The van der Waals surface area contributed by atoms with Crippen molar-refractivity contribution in [3.8, 4) is 0 Å². The van der Waals surface area contributed by atoms with Gasteiger partial charge in [0.15, 0.2) is 0 Å². The predicted octanol–water partition coefficient (Wildman–Crippen LogP) is 3.24. The molecular weight excluding hydrogens is 306 g/mol. The van der Waals surface area contributed by atoms with Gasteiger partial charge in [-0.2, -0.15) is 10.1 Å². The van der Waals surface area contributed by atoms with E-state index in [0.717, 1.165) is 16.8 Å². The highest BCUT2D eigenvalue weighted by molar-refractivity contribution is 5.77. The van der Waals surface area contributed by atoms with Crippen molar-refractivity contribution in [3.05, 3.63) is 88.2 Å². The number of hydrogen-bond donors (Lipinski definition) is 1. The number of nitrogens with one attached hydrogen (secondary N) is 1. The fraction of sp³-hybridized carbons (Fsp3) is 0.0588. The lowest BCUT2D eigenvalue weighted by atomic mass is 10.0. The molecule has 1 atom stereocenters. The molecule has 7 heteroatoms. The molecule has 1 aliphatic heterocycles. The second kappa shape index (κ2) is 5.62. The second-order valence-corrected chi connectivity index (χ2v) is 5.40. The molecule has 1 aromatic heterocycles. The number of nitro groups is 1. The van der Waals surface area contributed by atoms with Gasteiger partial charge in [-0.25, -0.2) is 4.68 Å². The van der Waals surface area contributed by atoms with E-state index in [2.05, 4.69) is 15.4 Å². The van der Waals surface area contributed by atoms with Crippen LogP contribution in [0.3, 0.4) is 0 Å². The summed E-state index contributed by atoms with van der Waals surface area (Å²) in [6, 6.07) is 16.2. The van der Waals surface area contributed by atoms with E-state index in [9.17, 15) is 10.1 Å². The molecule has 0 radical (unpaired) electrons. The number of nitrogens with zero attached hydrogens (tertiary/aromatic N) is 4. The summed E-state index contributed by atoms with van der Waals surface area (Å²) in [6.45, 7) is 0. The monoisotopic (exact) mass is 319 g/mol. The highest BCUT2D eigenvalue weighted by Gasteiger charge is 2.24. The third-order valence-corrected chi connectivity index (χ3v) is 3.91. The maximum Gasteiger partial charge on any atom is 0.269 e. The zero-order valence-corrected chi connectivity index (χ0v) is 12.5. The Morgan fingerprint density at radius 2 is 1.96 bits per heavy atom. The van der Waals surface area contributed by atoms with Gasteiger partial charge in [0.2, 0.25) is 5.95 Å². The molecule has 0 fully saturated rings. The first-order valence-electron chi connectivity index (χ1n) is 7.40. The molecule has 0 saturated carbocycles. The SMILES string of the molecule is O=[N+]([O-])c1cccc([C@@H]2C=C(c3ccccc3)Nc3ncnn32)c1. The molecule has 2 aromatic carbocycles. The van der Waals surface area contributed by atoms with Crippen LogP contribution in [0.4, 0.5) is 11.6 Å². The van der Waals surface area contributed by atoms with Gasteiger partial charge in [-0.1, -0.05) is 42.5 Å². The van der Waals surface area contributed by atoms with E-state index in [4.69, 9.17) is 0 Å². The first-order valence-corrected chi connectivity index (χ1v) is 7.40. The smallest absolute Gasteiger partial charge is 0.269 e. The lowest BCUT2D eigenvalue weighted by Gasteiger charge is -2.24. The standard InChI is InChI=1S/C17H13N5O2/c23-22(24)14-8-4-7-13(9-14)16-10-15(12-5-2-1-3-6-12)20-17-18-11-19-21(16)17/h1-11,16H,(H,18,19,20)/t16-/m0/s1. The molecule has 1 aliphatic rings. The Balaban J connectivity index is 1.82. The number of allylic oxidation sites excluding steroid dienone is 1. The van der Waals surface area contributed by atoms with E-state index in [1.54, 1.807) is 16.8 Å². The minimum absolute atomic E-state index is 0.0577. The summed E-state index contributed by atoms with van der Waals surface area (Å²) in [6.07, 6.45) is 3.46. The Morgan fingerprint density at radius 1 is 1.12 bits per heavy atom. The normalized spacial score (nSPS) is 16.0. The summed E-state index contributed by atoms with van der Waals surface area (Å²) >= 11 is 0. The lowest BCUT2D eigenvalue weighted by Crippen LogP contribution is -2.20. The van der Waals surface area contributed by atoms with Crippen molar-refractivity contribution in [2.45, 2.75) is 6.04 Å². The number of non-ortho nitro benzene ring substituents is 1. The van der Waals surface area contributed by atoms with Crippen LogP contribution >= 0.6 is 0 Å². The van der Waals surface area contributed by atoms with Crippen molar-refractivity contribution in [2.24, 2.45) is 0 Å². The first kappa shape index (κ1) is 14.1. The van der Waals surface area contributed by atoms with Gasteiger partial charge in [-0.3, -0.25) is 10.1 Å². The lowest BCUT2D eigenvalue weighted by molar-refractivity contribution is -0.384. The van der Waals surface area contributed by atoms with Crippen LogP contribution in [0.15, 0.2) is 67.0 Å². The number of benzene rings is 2. The zero-order chi connectivity index (χ0) is 16.5. The molecule has 0 aliphatic carbocycles. The van der Waals surface area contributed by atoms with E-state index in [1.165, 1.54) is 12.4 Å². The van der Waals surface area contributed by atoms with Crippen LogP contribution in [0.2, 0.25) is 0 Å². The van der Waals surface area contributed by atoms with Crippen LogP contribution in [0.25, 0.3) is 5.70 Å². The Hall–Kier alpha value is -3.48. The molecule has 118 valence electrons. The molecule has 0 bridgehead atoms. The zero-order valence-electron chi connectivity index (χ0n) is 12.5. The molecule has 0 saturated heterocycles. The first-order chi connectivity index (χ1) is 11.7. The minimum Gasteiger partial charge on any atom is -0.324 e. The molecule has 0 unspecified atom stereocenters. The van der Waals surface area contributed by atoms with Gasteiger partial charge >= 0.3 is 0 Å². The van der Waals surface area contributed by atoms with Gasteiger partial charge in [0, 0.05) is 17.8 Å². The average Bonchev–Trinajstić information content (AvgIpc) is 3.10. The topological polar surface area (TPSA) is 85.9 Å². The highest BCUT2D eigenvalue weighted by atomic mass is 16.6. The van der Waals surface area contributed by atoms with Crippen molar-refractivity contribution in [1.29, 1.82) is 0 Å². The van der Waals surface area contributed by atoms with Crippen molar-refractivity contribution in [2.75, 3.05) is 5.32 Å². The summed E-state index contributed by atoms with van der Waals surface area (Å²) in [5.74, 6) is 0.604. The van der Waals surface area contributed by atoms with E-state index >= 15 is 0 Å². The van der Waals surface area contributed by atoms with Gasteiger partial charge in [0.25, 0.3) is 5.69 Å². The quantitative estimate of drug-likeness (QED) is 0.591. The van der Waals surface area contributed by atoms with E-state index in [0.29, 0.717) is 5.95 Å².